The van der Waals surface area contributed by atoms with Crippen LogP contribution in [-0.2, 0) is 21.7 Å². The zero-order chi connectivity index (χ0) is 20.4. The van der Waals surface area contributed by atoms with E-state index in [4.69, 9.17) is 0 Å². The Morgan fingerprint density at radius 1 is 1.24 bits per heavy atom. The number of aromatic nitrogens is 4. The van der Waals surface area contributed by atoms with Crippen LogP contribution < -0.4 is 0 Å². The Bertz CT molecular complexity index is 971. The van der Waals surface area contributed by atoms with E-state index in [9.17, 15) is 13.2 Å². The lowest BCUT2D eigenvalue weighted by Gasteiger charge is -2.37. The fourth-order valence-electron chi connectivity index (χ4n) is 3.80. The molecule has 0 bridgehead atoms. The van der Waals surface area contributed by atoms with Gasteiger partial charge in [0.2, 0.25) is 5.91 Å². The minimum absolute atomic E-state index is 0.0691. The maximum Gasteiger partial charge on any atom is 0.233 e. The van der Waals surface area contributed by atoms with Gasteiger partial charge in [-0.25, -0.2) is 8.42 Å². The van der Waals surface area contributed by atoms with Crippen molar-refractivity contribution in [3.05, 3.63) is 24.5 Å². The molecule has 1 atom stereocenters. The lowest BCUT2D eigenvalue weighted by molar-refractivity contribution is -0.130. The molecule has 0 saturated carbocycles. The Morgan fingerprint density at radius 3 is 2.69 bits per heavy atom. The third kappa shape index (κ3) is 4.62. The lowest BCUT2D eigenvalue weighted by atomic mass is 10.2. The van der Waals surface area contributed by atoms with Crippen molar-refractivity contribution in [1.29, 1.82) is 0 Å². The van der Waals surface area contributed by atoms with Crippen molar-refractivity contribution >= 4 is 27.5 Å². The number of piperazine rings is 1. The molecule has 9 nitrogen and oxygen atoms in total. The summed E-state index contributed by atoms with van der Waals surface area (Å²) in [6.07, 6.45) is 4.15. The van der Waals surface area contributed by atoms with Gasteiger partial charge in [-0.3, -0.25) is 14.7 Å². The van der Waals surface area contributed by atoms with Crippen LogP contribution in [0, 0.1) is 0 Å². The van der Waals surface area contributed by atoms with Gasteiger partial charge in [0.1, 0.15) is 0 Å². The van der Waals surface area contributed by atoms with E-state index in [0.717, 1.165) is 18.7 Å². The highest BCUT2D eigenvalue weighted by Crippen LogP contribution is 2.23. The summed E-state index contributed by atoms with van der Waals surface area (Å²) in [5.74, 6) is 1.62. The second kappa shape index (κ2) is 8.41. The first-order valence-corrected chi connectivity index (χ1v) is 12.4. The number of nitrogens with zero attached hydrogens (tertiary/aromatic N) is 6. The van der Waals surface area contributed by atoms with Crippen LogP contribution in [0.15, 0.2) is 29.7 Å². The van der Waals surface area contributed by atoms with E-state index in [0.29, 0.717) is 36.2 Å². The van der Waals surface area contributed by atoms with Gasteiger partial charge >= 0.3 is 0 Å². The fraction of sp³-hybridized carbons (Fsp3) is 0.556. The van der Waals surface area contributed by atoms with E-state index in [-0.39, 0.29) is 23.5 Å². The zero-order valence-corrected chi connectivity index (χ0v) is 17.9. The summed E-state index contributed by atoms with van der Waals surface area (Å²) in [5.41, 5.74) is 0.880. The summed E-state index contributed by atoms with van der Waals surface area (Å²) in [6.45, 7) is 2.73. The number of carbonyl (C=O) groups excluding carboxylic acids is 1. The molecular weight excluding hydrogens is 412 g/mol. The largest absolute Gasteiger partial charge is 0.339 e. The molecule has 11 heteroatoms. The number of hydrogen-bond donors (Lipinski definition) is 0. The van der Waals surface area contributed by atoms with E-state index >= 15 is 0 Å². The molecule has 2 aromatic rings. The number of amides is 1. The first-order valence-electron chi connectivity index (χ1n) is 9.58. The Kier molecular flexibility index (Phi) is 5.88. The van der Waals surface area contributed by atoms with Gasteiger partial charge in [-0.15, -0.1) is 10.2 Å². The number of carbonyl (C=O) groups is 1. The summed E-state index contributed by atoms with van der Waals surface area (Å²) in [4.78, 5) is 20.8. The maximum atomic E-state index is 12.6. The number of sulfone groups is 1. The molecule has 0 spiro atoms. The molecule has 156 valence electrons. The summed E-state index contributed by atoms with van der Waals surface area (Å²) in [5, 5.41) is 9.10. The first kappa shape index (κ1) is 20.3. The van der Waals surface area contributed by atoms with Gasteiger partial charge in [-0.2, -0.15) is 0 Å². The van der Waals surface area contributed by atoms with Crippen LogP contribution >= 0.6 is 11.8 Å². The van der Waals surface area contributed by atoms with Crippen molar-refractivity contribution in [3.63, 3.8) is 0 Å². The average Bonchev–Trinajstić information content (AvgIpc) is 3.28. The van der Waals surface area contributed by atoms with Crippen LogP contribution in [0.5, 0.6) is 0 Å². The topological polar surface area (TPSA) is 101 Å². The molecule has 4 heterocycles. The molecule has 1 unspecified atom stereocenters. The Morgan fingerprint density at radius 2 is 2.03 bits per heavy atom. The Labute approximate surface area is 174 Å². The minimum atomic E-state index is -2.88. The normalized spacial score (nSPS) is 22.1. The molecule has 2 aromatic heterocycles. The average molecular weight is 437 g/mol. The van der Waals surface area contributed by atoms with Gasteiger partial charge in [-0.1, -0.05) is 11.8 Å². The summed E-state index contributed by atoms with van der Waals surface area (Å²) >= 11 is 1.37. The van der Waals surface area contributed by atoms with Gasteiger partial charge < -0.3 is 9.47 Å². The van der Waals surface area contributed by atoms with E-state index in [2.05, 4.69) is 20.1 Å². The van der Waals surface area contributed by atoms with Crippen LogP contribution in [0.2, 0.25) is 0 Å². The number of rotatable bonds is 5. The van der Waals surface area contributed by atoms with Crippen LogP contribution in [0.25, 0.3) is 11.4 Å². The van der Waals surface area contributed by atoms with Crippen LogP contribution in [0.1, 0.15) is 6.42 Å². The summed E-state index contributed by atoms with van der Waals surface area (Å²) in [7, 11) is -1.00. The van der Waals surface area contributed by atoms with Gasteiger partial charge in [0.25, 0.3) is 0 Å². The first-order chi connectivity index (χ1) is 13.9. The standard InChI is InChI=1S/C18H24N6O3S2/c1-22-17(14-3-2-5-19-11-14)20-21-18(22)28-12-16(25)24-8-6-23(7-9-24)15-4-10-29(26,27)13-15/h2-3,5,11,15H,4,6-10,12-13H2,1H3. The molecule has 2 saturated heterocycles. The highest BCUT2D eigenvalue weighted by molar-refractivity contribution is 7.99. The SMILES string of the molecule is Cn1c(SCC(=O)N2CCN(C3CCS(=O)(=O)C3)CC2)nnc1-c1cccnc1. The van der Waals surface area contributed by atoms with E-state index in [1.54, 1.807) is 12.4 Å². The molecule has 29 heavy (non-hydrogen) atoms. The van der Waals surface area contributed by atoms with Crippen LogP contribution in [0.4, 0.5) is 0 Å². The molecule has 2 aliphatic heterocycles. The van der Waals surface area contributed by atoms with Gasteiger partial charge in [0.15, 0.2) is 20.8 Å². The third-order valence-electron chi connectivity index (χ3n) is 5.47. The van der Waals surface area contributed by atoms with Crippen molar-refractivity contribution in [3.8, 4) is 11.4 Å². The molecule has 0 radical (unpaired) electrons. The highest BCUT2D eigenvalue weighted by atomic mass is 32.2. The summed E-state index contributed by atoms with van der Waals surface area (Å²) in [6, 6.07) is 3.88. The van der Waals surface area contributed by atoms with E-state index in [1.165, 1.54) is 11.8 Å². The molecule has 1 amide bonds. The second-order valence-electron chi connectivity index (χ2n) is 7.37. The third-order valence-corrected chi connectivity index (χ3v) is 8.23. The number of pyridine rings is 1. The van der Waals surface area contributed by atoms with Crippen molar-refractivity contribution < 1.29 is 13.2 Å². The molecule has 0 aliphatic carbocycles. The number of thioether (sulfide) groups is 1. The van der Waals surface area contributed by atoms with Gasteiger partial charge in [0, 0.05) is 57.2 Å². The summed E-state index contributed by atoms with van der Waals surface area (Å²) < 4.78 is 25.2. The Balaban J connectivity index is 1.28. The van der Waals surface area contributed by atoms with Gasteiger partial charge in [-0.05, 0) is 18.6 Å². The zero-order valence-electron chi connectivity index (χ0n) is 16.3. The minimum Gasteiger partial charge on any atom is -0.339 e. The molecular formula is C18H24N6O3S2. The fourth-order valence-corrected chi connectivity index (χ4v) is 6.38. The molecule has 0 aromatic carbocycles. The second-order valence-corrected chi connectivity index (χ2v) is 10.5. The predicted octanol–water partition coefficient (Wildman–Crippen LogP) is 0.301. The monoisotopic (exact) mass is 436 g/mol. The smallest absolute Gasteiger partial charge is 0.233 e. The van der Waals surface area contributed by atoms with Crippen molar-refractivity contribution in [1.82, 2.24) is 29.5 Å². The quantitative estimate of drug-likeness (QED) is 0.617. The predicted molar refractivity (Wildman–Crippen MR) is 110 cm³/mol. The van der Waals surface area contributed by atoms with Crippen molar-refractivity contribution in [2.24, 2.45) is 7.05 Å². The molecule has 2 aliphatic rings. The molecule has 2 fully saturated rings. The van der Waals surface area contributed by atoms with Crippen molar-refractivity contribution in [2.45, 2.75) is 17.6 Å². The van der Waals surface area contributed by atoms with Crippen molar-refractivity contribution in [2.75, 3.05) is 43.4 Å². The molecule has 0 N–H and O–H groups in total. The van der Waals surface area contributed by atoms with Gasteiger partial charge in [0.05, 0.1) is 17.3 Å². The van der Waals surface area contributed by atoms with Crippen LogP contribution in [-0.4, -0.2) is 93.4 Å². The highest BCUT2D eigenvalue weighted by Gasteiger charge is 2.34. The Hall–Kier alpha value is -1.98. The van der Waals surface area contributed by atoms with E-state index in [1.807, 2.05) is 28.6 Å². The van der Waals surface area contributed by atoms with Crippen LogP contribution in [0.3, 0.4) is 0 Å². The lowest BCUT2D eigenvalue weighted by Crippen LogP contribution is -2.52. The molecule has 4 rings (SSSR count). The maximum absolute atomic E-state index is 12.6. The van der Waals surface area contributed by atoms with E-state index < -0.39 is 9.84 Å². The number of hydrogen-bond acceptors (Lipinski definition) is 8.